The van der Waals surface area contributed by atoms with E-state index in [1.807, 2.05) is 61.5 Å². The smallest absolute Gasteiger partial charge is 0.207 e. The lowest BCUT2D eigenvalue weighted by molar-refractivity contribution is 0.572. The van der Waals surface area contributed by atoms with Crippen molar-refractivity contribution in [3.63, 3.8) is 0 Å². The summed E-state index contributed by atoms with van der Waals surface area (Å²) >= 11 is 0. The van der Waals surface area contributed by atoms with Crippen LogP contribution in [0.25, 0.3) is 0 Å². The molecule has 3 aromatic rings. The van der Waals surface area contributed by atoms with Gasteiger partial charge in [0, 0.05) is 0 Å². The molecule has 0 aromatic heterocycles. The number of sulfonamides is 1. The summed E-state index contributed by atoms with van der Waals surface area (Å²) in [6.45, 7) is 6.22. The van der Waals surface area contributed by atoms with Crippen molar-refractivity contribution in [3.05, 3.63) is 101 Å². The van der Waals surface area contributed by atoms with E-state index in [9.17, 15) is 8.42 Å². The topological polar surface area (TPSA) is 46.2 Å². The largest absolute Gasteiger partial charge is 0.241 e. The van der Waals surface area contributed by atoms with Gasteiger partial charge in [-0.1, -0.05) is 86.1 Å². The van der Waals surface area contributed by atoms with E-state index in [0.717, 1.165) is 16.7 Å². The SMILES string of the molecule is Cc1ccc(S(=O)(=O)N[C@@H](c2ccccc2)c2ccc(C(C)C)cc2)cc1. The highest BCUT2D eigenvalue weighted by atomic mass is 32.2. The summed E-state index contributed by atoms with van der Waals surface area (Å²) in [4.78, 5) is 0.271. The van der Waals surface area contributed by atoms with E-state index in [1.165, 1.54) is 5.56 Å². The highest BCUT2D eigenvalue weighted by Gasteiger charge is 2.23. The summed E-state index contributed by atoms with van der Waals surface area (Å²) in [5.74, 6) is 0.429. The standard InChI is InChI=1S/C23H25NO2S/c1-17(2)19-11-13-21(14-12-19)23(20-7-5-4-6-8-20)24-27(25,26)22-15-9-18(3)10-16-22/h4-17,23-24H,1-3H3/t23-/m0/s1. The Labute approximate surface area is 162 Å². The van der Waals surface area contributed by atoms with Gasteiger partial charge in [0.1, 0.15) is 0 Å². The normalized spacial score (nSPS) is 12.9. The second kappa shape index (κ2) is 8.07. The van der Waals surface area contributed by atoms with Gasteiger partial charge in [-0.3, -0.25) is 0 Å². The molecule has 3 rings (SSSR count). The lowest BCUT2D eigenvalue weighted by atomic mass is 9.96. The molecule has 1 atom stereocenters. The number of hydrogen-bond acceptors (Lipinski definition) is 2. The van der Waals surface area contributed by atoms with Crippen LogP contribution in [0.2, 0.25) is 0 Å². The lowest BCUT2D eigenvalue weighted by Crippen LogP contribution is -2.29. The summed E-state index contributed by atoms with van der Waals surface area (Å²) in [5, 5.41) is 0. The van der Waals surface area contributed by atoms with Gasteiger partial charge in [0.25, 0.3) is 0 Å². The van der Waals surface area contributed by atoms with Crippen LogP contribution in [0.1, 0.15) is 48.1 Å². The van der Waals surface area contributed by atoms with Gasteiger partial charge in [0.05, 0.1) is 10.9 Å². The zero-order valence-corrected chi connectivity index (χ0v) is 16.7. The van der Waals surface area contributed by atoms with Gasteiger partial charge in [0.15, 0.2) is 0 Å². The molecule has 3 nitrogen and oxygen atoms in total. The predicted molar refractivity (Wildman–Crippen MR) is 110 cm³/mol. The molecule has 0 amide bonds. The van der Waals surface area contributed by atoms with E-state index in [0.29, 0.717) is 5.92 Å². The van der Waals surface area contributed by atoms with Crippen molar-refractivity contribution >= 4 is 10.0 Å². The Kier molecular flexibility index (Phi) is 5.78. The molecule has 0 saturated carbocycles. The Morgan fingerprint density at radius 3 is 1.78 bits per heavy atom. The Balaban J connectivity index is 1.99. The third kappa shape index (κ3) is 4.65. The highest BCUT2D eigenvalue weighted by molar-refractivity contribution is 7.89. The molecule has 0 unspecified atom stereocenters. The molecule has 4 heteroatoms. The van der Waals surface area contributed by atoms with Crippen LogP contribution in [0.15, 0.2) is 83.8 Å². The Bertz CT molecular complexity index is 977. The molecule has 0 radical (unpaired) electrons. The Morgan fingerprint density at radius 2 is 1.22 bits per heavy atom. The first kappa shape index (κ1) is 19.3. The molecule has 3 aromatic carbocycles. The van der Waals surface area contributed by atoms with Gasteiger partial charge in [-0.25, -0.2) is 8.42 Å². The summed E-state index contributed by atoms with van der Waals surface area (Å²) in [6, 6.07) is 24.3. The zero-order valence-electron chi connectivity index (χ0n) is 15.9. The Hall–Kier alpha value is -2.43. The van der Waals surface area contributed by atoms with Gasteiger partial charge in [-0.2, -0.15) is 4.72 Å². The van der Waals surface area contributed by atoms with Crippen molar-refractivity contribution in [2.45, 2.75) is 37.6 Å². The summed E-state index contributed by atoms with van der Waals surface area (Å²) in [7, 11) is -3.65. The molecule has 0 aliphatic heterocycles. The molecule has 0 aliphatic carbocycles. The third-order valence-electron chi connectivity index (χ3n) is 4.67. The first-order valence-corrected chi connectivity index (χ1v) is 10.6. The molecule has 0 bridgehead atoms. The molecule has 0 aliphatic rings. The molecule has 1 N–H and O–H groups in total. The molecule has 0 heterocycles. The monoisotopic (exact) mass is 379 g/mol. The number of aryl methyl sites for hydroxylation is 1. The van der Waals surface area contributed by atoms with Crippen molar-refractivity contribution in [1.82, 2.24) is 4.72 Å². The van der Waals surface area contributed by atoms with Crippen LogP contribution < -0.4 is 4.72 Å². The van der Waals surface area contributed by atoms with Crippen LogP contribution in [0.5, 0.6) is 0 Å². The van der Waals surface area contributed by atoms with E-state index >= 15 is 0 Å². The average Bonchev–Trinajstić information content (AvgIpc) is 2.67. The fraction of sp³-hybridized carbons (Fsp3) is 0.217. The first-order valence-electron chi connectivity index (χ1n) is 9.10. The van der Waals surface area contributed by atoms with Gasteiger partial charge >= 0.3 is 0 Å². The second-order valence-electron chi connectivity index (χ2n) is 7.10. The fourth-order valence-corrected chi connectivity index (χ4v) is 4.20. The molecular formula is C23H25NO2S. The van der Waals surface area contributed by atoms with E-state index < -0.39 is 16.1 Å². The molecule has 0 saturated heterocycles. The number of benzene rings is 3. The maximum absolute atomic E-state index is 13.0. The number of hydrogen-bond donors (Lipinski definition) is 1. The highest BCUT2D eigenvalue weighted by Crippen LogP contribution is 2.26. The van der Waals surface area contributed by atoms with Crippen LogP contribution in [-0.4, -0.2) is 8.42 Å². The van der Waals surface area contributed by atoms with Gasteiger partial charge < -0.3 is 0 Å². The maximum Gasteiger partial charge on any atom is 0.241 e. The lowest BCUT2D eigenvalue weighted by Gasteiger charge is -2.20. The predicted octanol–water partition coefficient (Wildman–Crippen LogP) is 5.19. The molecular weight excluding hydrogens is 354 g/mol. The van der Waals surface area contributed by atoms with E-state index in [1.54, 1.807) is 12.1 Å². The van der Waals surface area contributed by atoms with Gasteiger partial charge in [0.2, 0.25) is 10.0 Å². The van der Waals surface area contributed by atoms with Crippen molar-refractivity contribution in [2.24, 2.45) is 0 Å². The van der Waals surface area contributed by atoms with Crippen molar-refractivity contribution in [3.8, 4) is 0 Å². The van der Waals surface area contributed by atoms with Crippen LogP contribution in [-0.2, 0) is 10.0 Å². The summed E-state index contributed by atoms with van der Waals surface area (Å²) in [6.07, 6.45) is 0. The minimum Gasteiger partial charge on any atom is -0.207 e. The molecule has 27 heavy (non-hydrogen) atoms. The fourth-order valence-electron chi connectivity index (χ4n) is 2.99. The van der Waals surface area contributed by atoms with E-state index in [2.05, 4.69) is 30.7 Å². The molecule has 0 fully saturated rings. The number of nitrogens with one attached hydrogen (secondary N) is 1. The second-order valence-corrected chi connectivity index (χ2v) is 8.81. The summed E-state index contributed by atoms with van der Waals surface area (Å²) in [5.41, 5.74) is 4.08. The third-order valence-corrected chi connectivity index (χ3v) is 6.11. The minimum atomic E-state index is -3.65. The molecule has 0 spiro atoms. The average molecular weight is 380 g/mol. The maximum atomic E-state index is 13.0. The number of rotatable bonds is 6. The quantitative estimate of drug-likeness (QED) is 0.641. The van der Waals surface area contributed by atoms with Crippen LogP contribution in [0, 0.1) is 6.92 Å². The zero-order chi connectivity index (χ0) is 19.4. The first-order chi connectivity index (χ1) is 12.9. The summed E-state index contributed by atoms with van der Waals surface area (Å²) < 4.78 is 28.8. The minimum absolute atomic E-state index is 0.271. The van der Waals surface area contributed by atoms with Crippen LogP contribution >= 0.6 is 0 Å². The van der Waals surface area contributed by atoms with Crippen LogP contribution in [0.4, 0.5) is 0 Å². The van der Waals surface area contributed by atoms with Gasteiger partial charge in [-0.15, -0.1) is 0 Å². The molecule has 140 valence electrons. The van der Waals surface area contributed by atoms with Crippen LogP contribution in [0.3, 0.4) is 0 Å². The van der Waals surface area contributed by atoms with Crippen molar-refractivity contribution < 1.29 is 8.42 Å². The van der Waals surface area contributed by atoms with Gasteiger partial charge in [-0.05, 0) is 41.7 Å². The van der Waals surface area contributed by atoms with Crippen molar-refractivity contribution in [1.29, 1.82) is 0 Å². The van der Waals surface area contributed by atoms with Crippen molar-refractivity contribution in [2.75, 3.05) is 0 Å². The van der Waals surface area contributed by atoms with E-state index in [4.69, 9.17) is 0 Å². The Morgan fingerprint density at radius 1 is 0.704 bits per heavy atom. The van der Waals surface area contributed by atoms with E-state index in [-0.39, 0.29) is 4.90 Å².